The van der Waals surface area contributed by atoms with E-state index >= 15 is 0 Å². The first kappa shape index (κ1) is 10.3. The molecule has 0 unspecified atom stereocenters. The van der Waals surface area contributed by atoms with Crippen molar-refractivity contribution in [1.29, 1.82) is 0 Å². The molecule has 0 bridgehead atoms. The van der Waals surface area contributed by atoms with Crippen molar-refractivity contribution in [2.24, 2.45) is 7.05 Å². The lowest BCUT2D eigenvalue weighted by Crippen LogP contribution is -1.92. The van der Waals surface area contributed by atoms with Crippen LogP contribution in [0.3, 0.4) is 0 Å². The number of hydrogen-bond donors (Lipinski definition) is 0. The normalized spacial score (nSPS) is 9.31. The summed E-state index contributed by atoms with van der Waals surface area (Å²) in [6.07, 6.45) is 3.48. The van der Waals surface area contributed by atoms with E-state index in [0.29, 0.717) is 6.61 Å². The van der Waals surface area contributed by atoms with Crippen molar-refractivity contribution < 1.29 is 4.74 Å². The summed E-state index contributed by atoms with van der Waals surface area (Å²) in [5, 5.41) is 4.00. The van der Waals surface area contributed by atoms with Crippen LogP contribution in [-0.2, 0) is 7.05 Å². The Hall–Kier alpha value is -2.21. The van der Waals surface area contributed by atoms with Crippen molar-refractivity contribution >= 4 is 0 Å². The molecule has 1 heterocycles. The highest BCUT2D eigenvalue weighted by Gasteiger charge is 1.93. The molecule has 1 aromatic heterocycles. The highest BCUT2D eigenvalue weighted by molar-refractivity contribution is 5.33. The van der Waals surface area contributed by atoms with Gasteiger partial charge in [0.05, 0.1) is 12.4 Å². The maximum absolute atomic E-state index is 5.39. The number of rotatable bonds is 2. The molecule has 0 N–H and O–H groups in total. The minimum absolute atomic E-state index is 0.376. The van der Waals surface area contributed by atoms with Gasteiger partial charge in [0, 0.05) is 12.6 Å². The lowest BCUT2D eigenvalue weighted by Gasteiger charge is -1.94. The second-order valence-corrected chi connectivity index (χ2v) is 3.31. The van der Waals surface area contributed by atoms with Gasteiger partial charge in [-0.1, -0.05) is 30.0 Å². The van der Waals surface area contributed by atoms with Gasteiger partial charge >= 0.3 is 0 Å². The minimum atomic E-state index is 0.376. The molecule has 80 valence electrons. The third kappa shape index (κ3) is 2.89. The second kappa shape index (κ2) is 5.04. The maximum atomic E-state index is 5.39. The van der Waals surface area contributed by atoms with Crippen LogP contribution in [0.15, 0.2) is 42.7 Å². The van der Waals surface area contributed by atoms with E-state index in [9.17, 15) is 0 Å². The Morgan fingerprint density at radius 2 is 2.12 bits per heavy atom. The molecule has 0 saturated carbocycles. The molecule has 0 aliphatic heterocycles. The number of aromatic nitrogens is 2. The molecular weight excluding hydrogens is 200 g/mol. The smallest absolute Gasteiger partial charge is 0.158 e. The third-order valence-electron chi connectivity index (χ3n) is 2.00. The molecule has 0 atom stereocenters. The molecule has 0 fully saturated rings. The monoisotopic (exact) mass is 212 g/mol. The van der Waals surface area contributed by atoms with E-state index in [-0.39, 0.29) is 0 Å². The fraction of sp³-hybridized carbons (Fsp3) is 0.154. The van der Waals surface area contributed by atoms with Gasteiger partial charge in [0.2, 0.25) is 0 Å². The third-order valence-corrected chi connectivity index (χ3v) is 2.00. The fourth-order valence-electron chi connectivity index (χ4n) is 1.25. The van der Waals surface area contributed by atoms with E-state index in [0.717, 1.165) is 11.3 Å². The molecule has 0 aliphatic carbocycles. The van der Waals surface area contributed by atoms with Crippen LogP contribution in [0.1, 0.15) is 5.56 Å². The van der Waals surface area contributed by atoms with Crippen LogP contribution < -0.4 is 4.74 Å². The first-order valence-corrected chi connectivity index (χ1v) is 5.00. The summed E-state index contributed by atoms with van der Waals surface area (Å²) < 4.78 is 7.09. The number of ether oxygens (including phenoxy) is 1. The lowest BCUT2D eigenvalue weighted by atomic mass is 10.2. The van der Waals surface area contributed by atoms with Gasteiger partial charge in [-0.25, -0.2) is 0 Å². The quantitative estimate of drug-likeness (QED) is 0.710. The minimum Gasteiger partial charge on any atom is -0.478 e. The second-order valence-electron chi connectivity index (χ2n) is 3.31. The number of nitrogens with zero attached hydrogens (tertiary/aromatic N) is 2. The van der Waals surface area contributed by atoms with E-state index in [1.165, 1.54) is 0 Å². The molecule has 3 heteroatoms. The Bertz CT molecular complexity index is 505. The Labute approximate surface area is 94.7 Å². The lowest BCUT2D eigenvalue weighted by molar-refractivity contribution is 0.370. The van der Waals surface area contributed by atoms with Gasteiger partial charge in [0.25, 0.3) is 0 Å². The molecule has 0 amide bonds. The number of aryl methyl sites for hydroxylation is 1. The van der Waals surface area contributed by atoms with Gasteiger partial charge in [0.1, 0.15) is 6.61 Å². The molecule has 3 nitrogen and oxygen atoms in total. The van der Waals surface area contributed by atoms with Crippen molar-refractivity contribution in [3.05, 3.63) is 48.3 Å². The van der Waals surface area contributed by atoms with Gasteiger partial charge in [-0.3, -0.25) is 4.68 Å². The Morgan fingerprint density at radius 1 is 1.31 bits per heavy atom. The zero-order chi connectivity index (χ0) is 11.2. The summed E-state index contributed by atoms with van der Waals surface area (Å²) >= 11 is 0. The van der Waals surface area contributed by atoms with Gasteiger partial charge < -0.3 is 4.74 Å². The number of hydrogen-bond acceptors (Lipinski definition) is 2. The Balaban J connectivity index is 1.87. The first-order chi connectivity index (χ1) is 7.84. The van der Waals surface area contributed by atoms with E-state index in [2.05, 4.69) is 16.9 Å². The van der Waals surface area contributed by atoms with Gasteiger partial charge in [0.15, 0.2) is 5.75 Å². The molecule has 2 rings (SSSR count). The summed E-state index contributed by atoms with van der Waals surface area (Å²) in [6, 6.07) is 9.84. The summed E-state index contributed by atoms with van der Waals surface area (Å²) in [5.41, 5.74) is 0.997. The average Bonchev–Trinajstić information content (AvgIpc) is 2.72. The summed E-state index contributed by atoms with van der Waals surface area (Å²) in [6.45, 7) is 0.376. The standard InChI is InChI=1S/C13H12N2O/c1-15-11-13(10-14-15)16-9-5-8-12-6-3-2-4-7-12/h2-4,6-7,10-11H,9H2,1H3. The molecule has 0 aliphatic rings. The van der Waals surface area contributed by atoms with Crippen molar-refractivity contribution in [1.82, 2.24) is 9.78 Å². The van der Waals surface area contributed by atoms with Crippen LogP contribution >= 0.6 is 0 Å². The molecule has 0 spiro atoms. The molecule has 2 aromatic rings. The van der Waals surface area contributed by atoms with Crippen molar-refractivity contribution in [3.63, 3.8) is 0 Å². The molecule has 0 saturated heterocycles. The maximum Gasteiger partial charge on any atom is 0.158 e. The van der Waals surface area contributed by atoms with E-state index in [1.807, 2.05) is 43.6 Å². The van der Waals surface area contributed by atoms with E-state index in [1.54, 1.807) is 10.9 Å². The van der Waals surface area contributed by atoms with Crippen molar-refractivity contribution in [2.75, 3.05) is 6.61 Å². The van der Waals surface area contributed by atoms with E-state index in [4.69, 9.17) is 4.74 Å². The van der Waals surface area contributed by atoms with Gasteiger partial charge in [-0.05, 0) is 12.1 Å². The van der Waals surface area contributed by atoms with Crippen LogP contribution in [-0.4, -0.2) is 16.4 Å². The average molecular weight is 212 g/mol. The molecule has 1 aromatic carbocycles. The summed E-state index contributed by atoms with van der Waals surface area (Å²) in [7, 11) is 1.85. The SMILES string of the molecule is Cn1cc(OCC#Cc2ccccc2)cn1. The Morgan fingerprint density at radius 3 is 2.81 bits per heavy atom. The largest absolute Gasteiger partial charge is 0.478 e. The summed E-state index contributed by atoms with van der Waals surface area (Å²) in [4.78, 5) is 0. The molecule has 0 radical (unpaired) electrons. The van der Waals surface area contributed by atoms with Gasteiger partial charge in [-0.2, -0.15) is 5.10 Å². The summed E-state index contributed by atoms with van der Waals surface area (Å²) in [5.74, 6) is 6.71. The van der Waals surface area contributed by atoms with Crippen molar-refractivity contribution in [3.8, 4) is 17.6 Å². The zero-order valence-corrected chi connectivity index (χ0v) is 9.05. The van der Waals surface area contributed by atoms with Gasteiger partial charge in [-0.15, -0.1) is 0 Å². The topological polar surface area (TPSA) is 27.1 Å². The predicted octanol–water partition coefficient (Wildman–Crippen LogP) is 1.85. The fourth-order valence-corrected chi connectivity index (χ4v) is 1.25. The van der Waals surface area contributed by atoms with Crippen LogP contribution in [0.25, 0.3) is 0 Å². The predicted molar refractivity (Wildman–Crippen MR) is 62.0 cm³/mol. The highest BCUT2D eigenvalue weighted by Crippen LogP contribution is 2.05. The van der Waals surface area contributed by atoms with Crippen LogP contribution in [0.5, 0.6) is 5.75 Å². The van der Waals surface area contributed by atoms with Crippen LogP contribution in [0.4, 0.5) is 0 Å². The van der Waals surface area contributed by atoms with Crippen LogP contribution in [0, 0.1) is 11.8 Å². The van der Waals surface area contributed by atoms with Crippen LogP contribution in [0.2, 0.25) is 0 Å². The molecular formula is C13H12N2O. The van der Waals surface area contributed by atoms with Crippen molar-refractivity contribution in [2.45, 2.75) is 0 Å². The Kier molecular flexibility index (Phi) is 3.25. The molecule has 16 heavy (non-hydrogen) atoms. The highest BCUT2D eigenvalue weighted by atomic mass is 16.5. The first-order valence-electron chi connectivity index (χ1n) is 5.00. The van der Waals surface area contributed by atoms with E-state index < -0.39 is 0 Å². The number of benzene rings is 1. The zero-order valence-electron chi connectivity index (χ0n) is 9.05.